The van der Waals surface area contributed by atoms with Crippen LogP contribution in [0.3, 0.4) is 0 Å². The van der Waals surface area contributed by atoms with E-state index in [2.05, 4.69) is 21.2 Å². The topological polar surface area (TPSA) is 69.6 Å². The van der Waals surface area contributed by atoms with Crippen LogP contribution < -0.4 is 5.32 Å². The Morgan fingerprint density at radius 3 is 2.65 bits per heavy atom. The van der Waals surface area contributed by atoms with Gasteiger partial charge in [0.1, 0.15) is 0 Å². The first-order valence-electron chi connectivity index (χ1n) is 6.61. The Balaban J connectivity index is 2.01. The summed E-state index contributed by atoms with van der Waals surface area (Å²) >= 11 is 3.34. The second kappa shape index (κ2) is 6.74. The van der Waals surface area contributed by atoms with Crippen LogP contribution in [0.15, 0.2) is 28.7 Å². The molecule has 20 heavy (non-hydrogen) atoms. The van der Waals surface area contributed by atoms with Gasteiger partial charge in [-0.3, -0.25) is 4.79 Å². The van der Waals surface area contributed by atoms with Crippen molar-refractivity contribution in [2.24, 2.45) is 0 Å². The van der Waals surface area contributed by atoms with Gasteiger partial charge >= 0.3 is 12.0 Å². The monoisotopic (exact) mass is 340 g/mol. The molecule has 6 heteroatoms. The fourth-order valence-corrected chi connectivity index (χ4v) is 2.67. The minimum atomic E-state index is -0.863. The zero-order chi connectivity index (χ0) is 14.5. The van der Waals surface area contributed by atoms with Crippen molar-refractivity contribution in [2.75, 3.05) is 11.9 Å². The number of nitrogens with zero attached hydrogens (tertiary/aromatic N) is 1. The highest BCUT2D eigenvalue weighted by Gasteiger charge is 2.28. The average molecular weight is 341 g/mol. The molecular formula is C14H17BrN2O3. The lowest BCUT2D eigenvalue weighted by molar-refractivity contribution is -0.138. The third-order valence-electron chi connectivity index (χ3n) is 3.39. The summed E-state index contributed by atoms with van der Waals surface area (Å²) in [4.78, 5) is 24.8. The summed E-state index contributed by atoms with van der Waals surface area (Å²) < 4.78 is 0.942. The van der Waals surface area contributed by atoms with Gasteiger partial charge in [-0.2, -0.15) is 0 Å². The number of benzene rings is 1. The molecule has 1 aromatic carbocycles. The Hall–Kier alpha value is -1.56. The van der Waals surface area contributed by atoms with Gasteiger partial charge in [0.05, 0.1) is 6.42 Å². The first-order chi connectivity index (χ1) is 9.56. The van der Waals surface area contributed by atoms with E-state index in [9.17, 15) is 9.59 Å². The highest BCUT2D eigenvalue weighted by molar-refractivity contribution is 9.10. The molecule has 2 N–H and O–H groups in total. The van der Waals surface area contributed by atoms with E-state index < -0.39 is 5.97 Å². The molecule has 0 aromatic heterocycles. The number of urea groups is 1. The highest BCUT2D eigenvalue weighted by Crippen LogP contribution is 2.21. The van der Waals surface area contributed by atoms with E-state index >= 15 is 0 Å². The molecule has 2 amide bonds. The van der Waals surface area contributed by atoms with Crippen LogP contribution in [0.4, 0.5) is 10.5 Å². The van der Waals surface area contributed by atoms with Crippen molar-refractivity contribution < 1.29 is 14.7 Å². The lowest BCUT2D eigenvalue weighted by Crippen LogP contribution is -2.46. The van der Waals surface area contributed by atoms with E-state index in [1.54, 1.807) is 17.0 Å². The SMILES string of the molecule is O=C(O)CC1CCCCN1C(=O)Nc1ccc(Br)cc1. The number of carbonyl (C=O) groups excluding carboxylic acids is 1. The third kappa shape index (κ3) is 3.96. The Morgan fingerprint density at radius 2 is 2.00 bits per heavy atom. The van der Waals surface area contributed by atoms with Crippen LogP contribution in [0, 0.1) is 0 Å². The number of carbonyl (C=O) groups is 2. The largest absolute Gasteiger partial charge is 0.481 e. The third-order valence-corrected chi connectivity index (χ3v) is 3.92. The fraction of sp³-hybridized carbons (Fsp3) is 0.429. The van der Waals surface area contributed by atoms with Crippen molar-refractivity contribution in [1.82, 2.24) is 4.90 Å². The molecule has 1 saturated heterocycles. The van der Waals surface area contributed by atoms with Crippen LogP contribution in [-0.2, 0) is 4.79 Å². The van der Waals surface area contributed by atoms with Crippen molar-refractivity contribution >= 4 is 33.6 Å². The second-order valence-electron chi connectivity index (χ2n) is 4.88. The number of anilines is 1. The number of hydrogen-bond acceptors (Lipinski definition) is 2. The molecular weight excluding hydrogens is 324 g/mol. The molecule has 1 unspecified atom stereocenters. The molecule has 1 heterocycles. The standard InChI is InChI=1S/C14H17BrN2O3/c15-10-4-6-11(7-5-10)16-14(20)17-8-2-1-3-12(17)9-13(18)19/h4-7,12H,1-3,8-9H2,(H,16,20)(H,18,19). The van der Waals surface area contributed by atoms with Crippen molar-refractivity contribution in [3.63, 3.8) is 0 Å². The quantitative estimate of drug-likeness (QED) is 0.886. The van der Waals surface area contributed by atoms with Gasteiger partial charge in [-0.05, 0) is 43.5 Å². The summed E-state index contributed by atoms with van der Waals surface area (Å²) in [6, 6.07) is 6.87. The lowest BCUT2D eigenvalue weighted by atomic mass is 10.00. The number of carboxylic acids is 1. The zero-order valence-corrected chi connectivity index (χ0v) is 12.6. The maximum Gasteiger partial charge on any atom is 0.322 e. The summed E-state index contributed by atoms with van der Waals surface area (Å²) in [7, 11) is 0. The Bertz CT molecular complexity index is 490. The molecule has 0 radical (unpaired) electrons. The van der Waals surface area contributed by atoms with Crippen LogP contribution in [0.2, 0.25) is 0 Å². The van der Waals surface area contributed by atoms with Crippen LogP contribution in [0.25, 0.3) is 0 Å². The van der Waals surface area contributed by atoms with Crippen molar-refractivity contribution in [3.8, 4) is 0 Å². The number of aliphatic carboxylic acids is 1. The van der Waals surface area contributed by atoms with Crippen molar-refractivity contribution in [3.05, 3.63) is 28.7 Å². The van der Waals surface area contributed by atoms with Gasteiger partial charge in [0.2, 0.25) is 0 Å². The number of likely N-dealkylation sites (tertiary alicyclic amines) is 1. The number of carboxylic acid groups (broad SMARTS) is 1. The molecule has 0 bridgehead atoms. The maximum atomic E-state index is 12.3. The Labute approximate surface area is 126 Å². The number of amides is 2. The molecule has 5 nitrogen and oxygen atoms in total. The average Bonchev–Trinajstić information content (AvgIpc) is 2.41. The van der Waals surface area contributed by atoms with Crippen molar-refractivity contribution in [1.29, 1.82) is 0 Å². The number of nitrogens with one attached hydrogen (secondary N) is 1. The highest BCUT2D eigenvalue weighted by atomic mass is 79.9. The van der Waals surface area contributed by atoms with Crippen LogP contribution >= 0.6 is 15.9 Å². The number of hydrogen-bond donors (Lipinski definition) is 2. The fourth-order valence-electron chi connectivity index (χ4n) is 2.41. The van der Waals surface area contributed by atoms with Gasteiger partial charge in [0, 0.05) is 22.7 Å². The van der Waals surface area contributed by atoms with Gasteiger partial charge in [0.25, 0.3) is 0 Å². The molecule has 0 saturated carbocycles. The summed E-state index contributed by atoms with van der Waals surface area (Å²) in [5, 5.41) is 11.7. The van der Waals surface area contributed by atoms with Gasteiger partial charge < -0.3 is 15.3 Å². The zero-order valence-electron chi connectivity index (χ0n) is 11.0. The summed E-state index contributed by atoms with van der Waals surface area (Å²) in [6.45, 7) is 0.611. The predicted octanol–water partition coefficient (Wildman–Crippen LogP) is 3.31. The molecule has 2 rings (SSSR count). The van der Waals surface area contributed by atoms with Gasteiger partial charge in [0.15, 0.2) is 0 Å². The number of rotatable bonds is 3. The molecule has 0 spiro atoms. The minimum Gasteiger partial charge on any atom is -0.481 e. The molecule has 0 aliphatic carbocycles. The van der Waals surface area contributed by atoms with Gasteiger partial charge in [-0.25, -0.2) is 4.79 Å². The smallest absolute Gasteiger partial charge is 0.322 e. The van der Waals surface area contributed by atoms with Crippen LogP contribution in [0.5, 0.6) is 0 Å². The lowest BCUT2D eigenvalue weighted by Gasteiger charge is -2.34. The minimum absolute atomic E-state index is 0.00770. The molecule has 1 aliphatic heterocycles. The predicted molar refractivity (Wildman–Crippen MR) is 79.8 cm³/mol. The molecule has 1 aliphatic rings. The Kier molecular flexibility index (Phi) is 5.00. The second-order valence-corrected chi connectivity index (χ2v) is 5.79. The first kappa shape index (κ1) is 14.8. The maximum absolute atomic E-state index is 12.3. The summed E-state index contributed by atoms with van der Waals surface area (Å²) in [5.74, 6) is -0.863. The van der Waals surface area contributed by atoms with Crippen LogP contribution in [0.1, 0.15) is 25.7 Å². The van der Waals surface area contributed by atoms with E-state index in [0.717, 1.165) is 23.7 Å². The van der Waals surface area contributed by atoms with Crippen LogP contribution in [-0.4, -0.2) is 34.6 Å². The van der Waals surface area contributed by atoms with Crippen molar-refractivity contribution in [2.45, 2.75) is 31.7 Å². The summed E-state index contributed by atoms with van der Waals surface area (Å²) in [6.07, 6.45) is 2.65. The Morgan fingerprint density at radius 1 is 1.30 bits per heavy atom. The molecule has 1 atom stereocenters. The molecule has 108 valence electrons. The number of halogens is 1. The molecule has 1 fully saturated rings. The normalized spacial score (nSPS) is 18.6. The van der Waals surface area contributed by atoms with E-state index in [1.165, 1.54) is 0 Å². The van der Waals surface area contributed by atoms with E-state index in [1.807, 2.05) is 12.1 Å². The van der Waals surface area contributed by atoms with Gasteiger partial charge in [-0.15, -0.1) is 0 Å². The molecule has 1 aromatic rings. The first-order valence-corrected chi connectivity index (χ1v) is 7.40. The number of piperidine rings is 1. The van der Waals surface area contributed by atoms with E-state index in [4.69, 9.17) is 5.11 Å². The van der Waals surface area contributed by atoms with E-state index in [0.29, 0.717) is 12.2 Å². The summed E-state index contributed by atoms with van der Waals surface area (Å²) in [5.41, 5.74) is 0.706. The van der Waals surface area contributed by atoms with E-state index in [-0.39, 0.29) is 18.5 Å². The van der Waals surface area contributed by atoms with Gasteiger partial charge in [-0.1, -0.05) is 15.9 Å².